The summed E-state index contributed by atoms with van der Waals surface area (Å²) in [6, 6.07) is 4.31. The zero-order chi connectivity index (χ0) is 18.0. The summed E-state index contributed by atoms with van der Waals surface area (Å²) >= 11 is 0. The van der Waals surface area contributed by atoms with Crippen molar-refractivity contribution in [2.24, 2.45) is 0 Å². The zero-order valence-electron chi connectivity index (χ0n) is 14.4. The number of rotatable bonds is 5. The molecular weight excluding hydrogens is 344 g/mol. The lowest BCUT2D eigenvalue weighted by atomic mass is 10.2. The summed E-state index contributed by atoms with van der Waals surface area (Å²) < 4.78 is 26.7. The molecule has 1 aromatic carbocycles. The summed E-state index contributed by atoms with van der Waals surface area (Å²) in [7, 11) is -3.65. The van der Waals surface area contributed by atoms with Crippen molar-refractivity contribution in [2.45, 2.75) is 24.7 Å². The molecular formula is C16H24N4O4S. The van der Waals surface area contributed by atoms with E-state index in [0.717, 1.165) is 32.5 Å². The van der Waals surface area contributed by atoms with Crippen molar-refractivity contribution in [1.29, 1.82) is 0 Å². The molecule has 8 nitrogen and oxygen atoms in total. The van der Waals surface area contributed by atoms with Crippen LogP contribution in [0.15, 0.2) is 23.1 Å². The van der Waals surface area contributed by atoms with Crippen molar-refractivity contribution in [2.75, 3.05) is 50.7 Å². The molecule has 0 saturated carbocycles. The third-order valence-corrected chi connectivity index (χ3v) is 6.90. The van der Waals surface area contributed by atoms with Crippen LogP contribution in [0, 0.1) is 10.1 Å². The Morgan fingerprint density at radius 2 is 1.72 bits per heavy atom. The first-order valence-corrected chi connectivity index (χ1v) is 10.1. The molecule has 0 radical (unpaired) electrons. The fourth-order valence-corrected chi connectivity index (χ4v) is 5.00. The van der Waals surface area contributed by atoms with Crippen molar-refractivity contribution < 1.29 is 13.3 Å². The third-order valence-electron chi connectivity index (χ3n) is 5.01. The number of likely N-dealkylation sites (N-methyl/N-ethyl adjacent to an activating group) is 1. The number of nitro benzene ring substituents is 1. The summed E-state index contributed by atoms with van der Waals surface area (Å²) in [5.74, 6) is 0. The second kappa shape index (κ2) is 7.27. The Morgan fingerprint density at radius 3 is 2.28 bits per heavy atom. The second-order valence-corrected chi connectivity index (χ2v) is 8.38. The van der Waals surface area contributed by atoms with Crippen LogP contribution in [0.1, 0.15) is 19.8 Å². The van der Waals surface area contributed by atoms with Crippen LogP contribution >= 0.6 is 0 Å². The van der Waals surface area contributed by atoms with Crippen LogP contribution in [-0.2, 0) is 10.0 Å². The lowest BCUT2D eigenvalue weighted by molar-refractivity contribution is -0.384. The normalized spacial score (nSPS) is 20.1. The summed E-state index contributed by atoms with van der Waals surface area (Å²) in [5, 5.41) is 11.5. The number of benzene rings is 1. The van der Waals surface area contributed by atoms with Gasteiger partial charge in [-0.1, -0.05) is 6.92 Å². The largest absolute Gasteiger partial charge is 0.363 e. The number of piperazine rings is 1. The molecule has 0 aromatic heterocycles. The molecule has 0 N–H and O–H groups in total. The monoisotopic (exact) mass is 368 g/mol. The first-order chi connectivity index (χ1) is 11.9. The van der Waals surface area contributed by atoms with E-state index in [9.17, 15) is 18.5 Å². The summed E-state index contributed by atoms with van der Waals surface area (Å²) in [4.78, 5) is 15.3. The number of sulfonamides is 1. The Labute approximate surface area is 148 Å². The van der Waals surface area contributed by atoms with Gasteiger partial charge in [0.1, 0.15) is 5.69 Å². The van der Waals surface area contributed by atoms with E-state index in [4.69, 9.17) is 0 Å². The van der Waals surface area contributed by atoms with E-state index >= 15 is 0 Å². The van der Waals surface area contributed by atoms with Gasteiger partial charge in [0.2, 0.25) is 10.0 Å². The van der Waals surface area contributed by atoms with Gasteiger partial charge in [0.25, 0.3) is 5.69 Å². The van der Waals surface area contributed by atoms with Crippen LogP contribution in [-0.4, -0.2) is 68.4 Å². The van der Waals surface area contributed by atoms with Crippen LogP contribution in [0.5, 0.6) is 0 Å². The molecule has 138 valence electrons. The van der Waals surface area contributed by atoms with Crippen LogP contribution in [0.25, 0.3) is 0 Å². The van der Waals surface area contributed by atoms with Crippen LogP contribution in [0.2, 0.25) is 0 Å². The van der Waals surface area contributed by atoms with Crippen molar-refractivity contribution >= 4 is 21.4 Å². The van der Waals surface area contributed by atoms with Gasteiger partial charge in [0.15, 0.2) is 0 Å². The number of hydrogen-bond donors (Lipinski definition) is 0. The molecule has 0 bridgehead atoms. The van der Waals surface area contributed by atoms with Crippen molar-refractivity contribution in [3.05, 3.63) is 28.3 Å². The van der Waals surface area contributed by atoms with Gasteiger partial charge in [-0.3, -0.25) is 10.1 Å². The fraction of sp³-hybridized carbons (Fsp3) is 0.625. The van der Waals surface area contributed by atoms with Crippen LogP contribution in [0.3, 0.4) is 0 Å². The Kier molecular flexibility index (Phi) is 5.26. The number of nitro groups is 1. The smallest absolute Gasteiger partial charge is 0.293 e. The van der Waals surface area contributed by atoms with Gasteiger partial charge in [0, 0.05) is 45.3 Å². The van der Waals surface area contributed by atoms with E-state index in [1.165, 1.54) is 16.4 Å². The van der Waals surface area contributed by atoms with Gasteiger partial charge in [-0.2, -0.15) is 4.31 Å². The summed E-state index contributed by atoms with van der Waals surface area (Å²) in [5.41, 5.74) is 0.367. The van der Waals surface area contributed by atoms with Gasteiger partial charge in [-0.25, -0.2) is 8.42 Å². The van der Waals surface area contributed by atoms with Gasteiger partial charge < -0.3 is 9.80 Å². The molecule has 0 spiro atoms. The summed E-state index contributed by atoms with van der Waals surface area (Å²) in [6.45, 7) is 7.12. The predicted molar refractivity (Wildman–Crippen MR) is 95.4 cm³/mol. The van der Waals surface area contributed by atoms with Gasteiger partial charge >= 0.3 is 0 Å². The highest BCUT2D eigenvalue weighted by Gasteiger charge is 2.31. The minimum Gasteiger partial charge on any atom is -0.363 e. The maximum Gasteiger partial charge on any atom is 0.293 e. The molecule has 1 aromatic rings. The van der Waals surface area contributed by atoms with Crippen LogP contribution in [0.4, 0.5) is 11.4 Å². The predicted octanol–water partition coefficient (Wildman–Crippen LogP) is 1.52. The standard InChI is InChI=1S/C16H24N4O4S/c1-2-17-9-11-18(12-10-17)15-6-5-14(13-16(15)20(21)22)25(23,24)19-7-3-4-8-19/h5-6,13H,2-4,7-12H2,1H3. The highest BCUT2D eigenvalue weighted by Crippen LogP contribution is 2.33. The Morgan fingerprint density at radius 1 is 1.08 bits per heavy atom. The molecule has 2 heterocycles. The lowest BCUT2D eigenvalue weighted by Crippen LogP contribution is -2.46. The molecule has 9 heteroatoms. The topological polar surface area (TPSA) is 87.0 Å². The highest BCUT2D eigenvalue weighted by molar-refractivity contribution is 7.89. The van der Waals surface area contributed by atoms with E-state index in [1.54, 1.807) is 6.07 Å². The van der Waals surface area contributed by atoms with Gasteiger partial charge in [-0.15, -0.1) is 0 Å². The number of nitrogens with zero attached hydrogens (tertiary/aromatic N) is 4. The number of anilines is 1. The minimum atomic E-state index is -3.65. The van der Waals surface area contributed by atoms with Gasteiger partial charge in [-0.05, 0) is 31.5 Å². The van der Waals surface area contributed by atoms with Crippen LogP contribution < -0.4 is 4.90 Å². The average Bonchev–Trinajstić information content (AvgIpc) is 3.17. The molecule has 0 aliphatic carbocycles. The first-order valence-electron chi connectivity index (χ1n) is 8.69. The van der Waals surface area contributed by atoms with E-state index in [0.29, 0.717) is 31.9 Å². The molecule has 2 fully saturated rings. The molecule has 0 atom stereocenters. The Balaban J connectivity index is 1.90. The van der Waals surface area contributed by atoms with Crippen molar-refractivity contribution in [1.82, 2.24) is 9.21 Å². The maximum atomic E-state index is 12.7. The third kappa shape index (κ3) is 3.63. The second-order valence-electron chi connectivity index (χ2n) is 6.44. The quantitative estimate of drug-likeness (QED) is 0.578. The average molecular weight is 368 g/mol. The summed E-state index contributed by atoms with van der Waals surface area (Å²) in [6.07, 6.45) is 1.67. The SMILES string of the molecule is CCN1CCN(c2ccc(S(=O)(=O)N3CCCC3)cc2[N+](=O)[O-])CC1. The van der Waals surface area contributed by atoms with Crippen molar-refractivity contribution in [3.63, 3.8) is 0 Å². The Bertz CT molecular complexity index is 739. The van der Waals surface area contributed by atoms with Gasteiger partial charge in [0.05, 0.1) is 9.82 Å². The zero-order valence-corrected chi connectivity index (χ0v) is 15.2. The lowest BCUT2D eigenvalue weighted by Gasteiger charge is -2.35. The number of hydrogen-bond acceptors (Lipinski definition) is 6. The first kappa shape index (κ1) is 18.1. The van der Waals surface area contributed by atoms with E-state index in [2.05, 4.69) is 11.8 Å². The fourth-order valence-electron chi connectivity index (χ4n) is 3.46. The highest BCUT2D eigenvalue weighted by atomic mass is 32.2. The molecule has 25 heavy (non-hydrogen) atoms. The van der Waals surface area contributed by atoms with E-state index < -0.39 is 14.9 Å². The molecule has 2 aliphatic rings. The molecule has 2 saturated heterocycles. The molecule has 2 aliphatic heterocycles. The Hall–Kier alpha value is -1.71. The molecule has 0 unspecified atom stereocenters. The molecule has 0 amide bonds. The van der Waals surface area contributed by atoms with Crippen molar-refractivity contribution in [3.8, 4) is 0 Å². The molecule has 3 rings (SSSR count). The van der Waals surface area contributed by atoms with E-state index in [-0.39, 0.29) is 10.6 Å². The maximum absolute atomic E-state index is 12.7. The minimum absolute atomic E-state index is 0.0112. The van der Waals surface area contributed by atoms with E-state index in [1.807, 2.05) is 4.90 Å².